The number of rotatable bonds is 9. The predicted octanol–water partition coefficient (Wildman–Crippen LogP) is 2.66. The van der Waals surface area contributed by atoms with Crippen LogP contribution in [0.15, 0.2) is 52.9 Å². The van der Waals surface area contributed by atoms with E-state index in [4.69, 9.17) is 13.9 Å². The van der Waals surface area contributed by atoms with Crippen LogP contribution >= 0.6 is 0 Å². The molecule has 0 aliphatic rings. The van der Waals surface area contributed by atoms with E-state index < -0.39 is 5.97 Å². The molecule has 1 unspecified atom stereocenters. The molecule has 0 spiro atoms. The molecule has 2 N–H and O–H groups in total. The second kappa shape index (κ2) is 9.93. The minimum atomic E-state index is -0.484. The van der Waals surface area contributed by atoms with Gasteiger partial charge < -0.3 is 24.1 Å². The van der Waals surface area contributed by atoms with Crippen LogP contribution in [0.5, 0.6) is 5.75 Å². The summed E-state index contributed by atoms with van der Waals surface area (Å²) in [6, 6.07) is 14.7. The first-order chi connectivity index (χ1) is 14.5. The SMILES string of the molecule is CCOC(=O)c1oc2ccccc2c1C[NH+](CC)CC(=O)Nc1ccc(OC)cc1. The van der Waals surface area contributed by atoms with Crippen molar-refractivity contribution in [3.05, 3.63) is 59.9 Å². The van der Waals surface area contributed by atoms with Gasteiger partial charge in [0.2, 0.25) is 5.76 Å². The molecular weight excluding hydrogens is 384 g/mol. The number of hydrogen-bond donors (Lipinski definition) is 2. The maximum atomic E-state index is 12.6. The third kappa shape index (κ3) is 4.99. The number of benzene rings is 2. The van der Waals surface area contributed by atoms with Crippen LogP contribution < -0.4 is 15.0 Å². The van der Waals surface area contributed by atoms with Crippen molar-refractivity contribution >= 4 is 28.5 Å². The average Bonchev–Trinajstić information content (AvgIpc) is 3.12. The number of nitrogens with one attached hydrogen (secondary N) is 2. The van der Waals surface area contributed by atoms with Gasteiger partial charge in [-0.2, -0.15) is 0 Å². The minimum Gasteiger partial charge on any atom is -0.497 e. The van der Waals surface area contributed by atoms with Crippen LogP contribution in [0.2, 0.25) is 0 Å². The molecule has 158 valence electrons. The van der Waals surface area contributed by atoms with Crippen LogP contribution in [0.3, 0.4) is 0 Å². The van der Waals surface area contributed by atoms with Gasteiger partial charge in [0.05, 0.1) is 25.8 Å². The highest BCUT2D eigenvalue weighted by molar-refractivity contribution is 5.96. The molecule has 0 bridgehead atoms. The third-order valence-corrected chi connectivity index (χ3v) is 4.87. The van der Waals surface area contributed by atoms with E-state index >= 15 is 0 Å². The zero-order chi connectivity index (χ0) is 21.5. The smallest absolute Gasteiger partial charge is 0.374 e. The molecule has 0 saturated carbocycles. The van der Waals surface area contributed by atoms with Gasteiger partial charge in [0.15, 0.2) is 6.54 Å². The van der Waals surface area contributed by atoms with Gasteiger partial charge in [-0.3, -0.25) is 4.79 Å². The zero-order valence-electron chi connectivity index (χ0n) is 17.5. The Morgan fingerprint density at radius 2 is 1.80 bits per heavy atom. The quantitative estimate of drug-likeness (QED) is 0.529. The van der Waals surface area contributed by atoms with Gasteiger partial charge in [0, 0.05) is 11.1 Å². The summed E-state index contributed by atoms with van der Waals surface area (Å²) < 4.78 is 16.1. The molecule has 0 aliphatic heterocycles. The first-order valence-corrected chi connectivity index (χ1v) is 10.0. The van der Waals surface area contributed by atoms with Gasteiger partial charge in [0.1, 0.15) is 17.9 Å². The predicted molar refractivity (Wildman–Crippen MR) is 114 cm³/mol. The summed E-state index contributed by atoms with van der Waals surface area (Å²) in [6.07, 6.45) is 0. The number of hydrogen-bond acceptors (Lipinski definition) is 5. The molecule has 3 aromatic rings. The van der Waals surface area contributed by atoms with Crippen molar-refractivity contribution in [2.24, 2.45) is 0 Å². The number of carbonyl (C=O) groups is 2. The number of para-hydroxylation sites is 1. The number of esters is 1. The Balaban J connectivity index is 1.76. The van der Waals surface area contributed by atoms with Gasteiger partial charge in [-0.25, -0.2) is 4.79 Å². The normalized spacial score (nSPS) is 11.8. The fraction of sp³-hybridized carbons (Fsp3) is 0.304. The van der Waals surface area contributed by atoms with Crippen LogP contribution in [0.1, 0.15) is 30.0 Å². The molecule has 1 heterocycles. The highest BCUT2D eigenvalue weighted by atomic mass is 16.5. The van der Waals surface area contributed by atoms with E-state index in [0.717, 1.165) is 21.6 Å². The maximum Gasteiger partial charge on any atom is 0.374 e. The Morgan fingerprint density at radius 3 is 2.47 bits per heavy atom. The Bertz CT molecular complexity index is 1010. The monoisotopic (exact) mass is 411 g/mol. The Hall–Kier alpha value is -3.32. The number of furan rings is 1. The lowest BCUT2D eigenvalue weighted by Gasteiger charge is -2.17. The number of carbonyl (C=O) groups excluding carboxylic acids is 2. The van der Waals surface area contributed by atoms with Gasteiger partial charge in [-0.15, -0.1) is 0 Å². The molecule has 0 radical (unpaired) electrons. The van der Waals surface area contributed by atoms with Crippen molar-refractivity contribution < 1.29 is 28.4 Å². The minimum absolute atomic E-state index is 0.109. The van der Waals surface area contributed by atoms with Crippen LogP contribution in [0.25, 0.3) is 11.0 Å². The summed E-state index contributed by atoms with van der Waals surface area (Å²) in [5.41, 5.74) is 2.10. The second-order valence-electron chi connectivity index (χ2n) is 6.86. The molecule has 0 saturated heterocycles. The number of likely N-dealkylation sites (N-methyl/N-ethyl adjacent to an activating group) is 1. The highest BCUT2D eigenvalue weighted by Crippen LogP contribution is 2.26. The molecule has 1 amide bonds. The van der Waals surface area contributed by atoms with E-state index in [1.54, 1.807) is 38.3 Å². The number of anilines is 1. The molecular formula is C23H27N2O5+. The van der Waals surface area contributed by atoms with Gasteiger partial charge in [-0.1, -0.05) is 18.2 Å². The lowest BCUT2D eigenvalue weighted by molar-refractivity contribution is -0.903. The Kier molecular flexibility index (Phi) is 7.08. The van der Waals surface area contributed by atoms with Crippen molar-refractivity contribution in [1.29, 1.82) is 0 Å². The van der Waals surface area contributed by atoms with Crippen LogP contribution in [-0.4, -0.2) is 38.7 Å². The first kappa shape index (κ1) is 21.4. The number of fused-ring (bicyclic) bond motifs is 1. The largest absolute Gasteiger partial charge is 0.497 e. The summed E-state index contributed by atoms with van der Waals surface area (Å²) >= 11 is 0. The molecule has 1 atom stereocenters. The van der Waals surface area contributed by atoms with Crippen LogP contribution in [0, 0.1) is 0 Å². The van der Waals surface area contributed by atoms with Gasteiger partial charge in [0.25, 0.3) is 5.91 Å². The average molecular weight is 411 g/mol. The van der Waals surface area contributed by atoms with Crippen molar-refractivity contribution in [3.63, 3.8) is 0 Å². The fourth-order valence-corrected chi connectivity index (χ4v) is 3.30. The standard InChI is InChI=1S/C23H26N2O5/c1-4-25(15-21(26)24-16-10-12-17(28-3)13-11-16)14-19-18-8-6-7-9-20(18)30-22(19)23(27)29-5-2/h6-13H,4-5,14-15H2,1-3H3,(H,24,26)/p+1. The third-order valence-electron chi connectivity index (χ3n) is 4.87. The number of quaternary nitrogens is 1. The molecule has 1 aromatic heterocycles. The lowest BCUT2D eigenvalue weighted by Crippen LogP contribution is -3.11. The van der Waals surface area contributed by atoms with Crippen LogP contribution in [-0.2, 0) is 16.1 Å². The number of amides is 1. The molecule has 2 aromatic carbocycles. The molecule has 30 heavy (non-hydrogen) atoms. The van der Waals surface area contributed by atoms with E-state index in [9.17, 15) is 9.59 Å². The number of ether oxygens (including phenoxy) is 2. The fourth-order valence-electron chi connectivity index (χ4n) is 3.30. The molecule has 0 aliphatic carbocycles. The molecule has 7 nitrogen and oxygen atoms in total. The zero-order valence-corrected chi connectivity index (χ0v) is 17.5. The van der Waals surface area contributed by atoms with Crippen molar-refractivity contribution in [1.82, 2.24) is 0 Å². The Labute approximate surface area is 175 Å². The molecule has 0 fully saturated rings. The molecule has 3 rings (SSSR count). The van der Waals surface area contributed by atoms with Gasteiger partial charge >= 0.3 is 5.97 Å². The Morgan fingerprint density at radius 1 is 1.07 bits per heavy atom. The summed E-state index contributed by atoms with van der Waals surface area (Å²) in [5, 5.41) is 3.77. The van der Waals surface area contributed by atoms with Crippen molar-refractivity contribution in [3.8, 4) is 5.75 Å². The summed E-state index contributed by atoms with van der Waals surface area (Å²) in [6.45, 7) is 5.46. The summed E-state index contributed by atoms with van der Waals surface area (Å²) in [4.78, 5) is 26.0. The topological polar surface area (TPSA) is 82.2 Å². The first-order valence-electron chi connectivity index (χ1n) is 10.0. The molecule has 7 heteroatoms. The number of methoxy groups -OCH3 is 1. The van der Waals surface area contributed by atoms with E-state index in [1.165, 1.54) is 0 Å². The van der Waals surface area contributed by atoms with Crippen molar-refractivity contribution in [2.45, 2.75) is 20.4 Å². The lowest BCUT2D eigenvalue weighted by atomic mass is 10.1. The van der Waals surface area contributed by atoms with E-state index in [1.807, 2.05) is 31.2 Å². The summed E-state index contributed by atoms with van der Waals surface area (Å²) in [5.74, 6) is 0.344. The summed E-state index contributed by atoms with van der Waals surface area (Å²) in [7, 11) is 1.60. The van der Waals surface area contributed by atoms with Crippen LogP contribution in [0.4, 0.5) is 5.69 Å². The maximum absolute atomic E-state index is 12.6. The highest BCUT2D eigenvalue weighted by Gasteiger charge is 2.25. The second-order valence-corrected chi connectivity index (χ2v) is 6.86. The van der Waals surface area contributed by atoms with E-state index in [0.29, 0.717) is 24.4 Å². The van der Waals surface area contributed by atoms with E-state index in [-0.39, 0.29) is 24.8 Å². The van der Waals surface area contributed by atoms with E-state index in [2.05, 4.69) is 5.32 Å². The van der Waals surface area contributed by atoms with Gasteiger partial charge in [-0.05, 0) is 44.2 Å². The van der Waals surface area contributed by atoms with Crippen molar-refractivity contribution in [2.75, 3.05) is 32.1 Å².